The number of nitrogens with one attached hydrogen (secondary N) is 2. The van der Waals surface area contributed by atoms with Crippen LogP contribution in [0.3, 0.4) is 0 Å². The monoisotopic (exact) mass is 436 g/mol. The van der Waals surface area contributed by atoms with E-state index in [1.165, 1.54) is 6.42 Å². The fraction of sp³-hybridized carbons (Fsp3) is 0.765. The molecular weight excluding hydrogens is 403 g/mol. The van der Waals surface area contributed by atoms with E-state index >= 15 is 0 Å². The normalized spacial score (nSPS) is 14.4. The van der Waals surface area contributed by atoms with Crippen LogP contribution in [0.2, 0.25) is 0 Å². The molecule has 1 aliphatic rings. The van der Waals surface area contributed by atoms with Crippen LogP contribution >= 0.6 is 24.0 Å². The van der Waals surface area contributed by atoms with Gasteiger partial charge in [-0.25, -0.2) is 0 Å². The summed E-state index contributed by atoms with van der Waals surface area (Å²) in [6.45, 7) is 9.11. The second-order valence-corrected chi connectivity index (χ2v) is 5.86. The molecule has 0 unspecified atom stereocenters. The molecule has 0 saturated heterocycles. The number of hydrogen-bond donors (Lipinski definition) is 2. The molecule has 0 radical (unpaired) electrons. The molecule has 0 atom stereocenters. The predicted molar refractivity (Wildman–Crippen MR) is 108 cm³/mol. The minimum absolute atomic E-state index is 0. The van der Waals surface area contributed by atoms with Gasteiger partial charge in [0.15, 0.2) is 5.96 Å². The van der Waals surface area contributed by atoms with Crippen molar-refractivity contribution in [1.82, 2.24) is 15.5 Å². The van der Waals surface area contributed by atoms with E-state index in [-0.39, 0.29) is 35.8 Å². The molecule has 23 heavy (non-hydrogen) atoms. The predicted octanol–water partition coefficient (Wildman–Crippen LogP) is 2.77. The smallest absolute Gasteiger partial charge is 0.223 e. The summed E-state index contributed by atoms with van der Waals surface area (Å²) in [5.74, 6) is 1.44. The number of aliphatic imine (C=N–C) groups is 1. The summed E-state index contributed by atoms with van der Waals surface area (Å²) in [4.78, 5) is 18.5. The van der Waals surface area contributed by atoms with Gasteiger partial charge in [0, 0.05) is 39.1 Å². The van der Waals surface area contributed by atoms with Crippen molar-refractivity contribution in [3.05, 3.63) is 12.7 Å². The van der Waals surface area contributed by atoms with Crippen LogP contribution < -0.4 is 10.6 Å². The van der Waals surface area contributed by atoms with Crippen molar-refractivity contribution in [2.75, 3.05) is 33.2 Å². The average Bonchev–Trinajstić information content (AvgIpc) is 2.44. The standard InChI is InChI=1S/C17H32N4O.HI/c1-4-6-7-14-21(3)17(18-5-2)20-13-9-12-19-16(22)15-10-8-11-15;/h4,15H,1,5-14H2,2-3H3,(H,18,20)(H,19,22);1H. The SMILES string of the molecule is C=CCCCN(C)C(=NCCCNC(=O)C1CCC1)NCC.I. The number of carbonyl (C=O) groups excluding carboxylic acids is 1. The zero-order valence-corrected chi connectivity index (χ0v) is 17.0. The number of carbonyl (C=O) groups is 1. The summed E-state index contributed by atoms with van der Waals surface area (Å²) >= 11 is 0. The lowest BCUT2D eigenvalue weighted by molar-refractivity contribution is -0.127. The van der Waals surface area contributed by atoms with Crippen molar-refractivity contribution >= 4 is 35.8 Å². The summed E-state index contributed by atoms with van der Waals surface area (Å²) in [5.41, 5.74) is 0. The van der Waals surface area contributed by atoms with Crippen molar-refractivity contribution in [3.8, 4) is 0 Å². The maximum Gasteiger partial charge on any atom is 0.223 e. The van der Waals surface area contributed by atoms with Gasteiger partial charge >= 0.3 is 0 Å². The second kappa shape index (κ2) is 13.6. The molecule has 1 amide bonds. The van der Waals surface area contributed by atoms with E-state index in [0.717, 1.165) is 64.2 Å². The summed E-state index contributed by atoms with van der Waals surface area (Å²) in [7, 11) is 2.06. The second-order valence-electron chi connectivity index (χ2n) is 5.86. The number of amides is 1. The Kier molecular flexibility index (Phi) is 13.2. The number of halogens is 1. The molecule has 0 aliphatic heterocycles. The number of guanidine groups is 1. The molecule has 1 rings (SSSR count). The van der Waals surface area contributed by atoms with E-state index < -0.39 is 0 Å². The maximum atomic E-state index is 11.7. The molecule has 2 N–H and O–H groups in total. The highest BCUT2D eigenvalue weighted by atomic mass is 127. The fourth-order valence-electron chi connectivity index (χ4n) is 2.34. The third-order valence-corrected chi connectivity index (χ3v) is 3.97. The van der Waals surface area contributed by atoms with Gasteiger partial charge in [0.05, 0.1) is 0 Å². The van der Waals surface area contributed by atoms with Crippen LogP contribution in [-0.4, -0.2) is 50.0 Å². The van der Waals surface area contributed by atoms with E-state index in [2.05, 4.69) is 41.1 Å². The first-order valence-corrected chi connectivity index (χ1v) is 8.57. The van der Waals surface area contributed by atoms with Gasteiger partial charge in [-0.3, -0.25) is 9.79 Å². The van der Waals surface area contributed by atoms with Crippen molar-refractivity contribution in [2.45, 2.75) is 45.4 Å². The molecule has 0 aromatic heterocycles. The molecule has 1 saturated carbocycles. The van der Waals surface area contributed by atoms with Crippen molar-refractivity contribution < 1.29 is 4.79 Å². The Balaban J connectivity index is 0.00000484. The molecule has 6 heteroatoms. The largest absolute Gasteiger partial charge is 0.357 e. The lowest BCUT2D eigenvalue weighted by atomic mass is 9.85. The quantitative estimate of drug-likeness (QED) is 0.182. The van der Waals surface area contributed by atoms with Crippen molar-refractivity contribution in [2.24, 2.45) is 10.9 Å². The van der Waals surface area contributed by atoms with Crippen molar-refractivity contribution in [1.29, 1.82) is 0 Å². The Labute approximate surface area is 158 Å². The number of nitrogens with zero attached hydrogens (tertiary/aromatic N) is 2. The van der Waals surface area contributed by atoms with Gasteiger partial charge in [0.1, 0.15) is 0 Å². The van der Waals surface area contributed by atoms with Gasteiger partial charge < -0.3 is 15.5 Å². The first-order chi connectivity index (χ1) is 10.7. The number of rotatable bonds is 10. The number of unbranched alkanes of at least 4 members (excludes halogenated alkanes) is 1. The summed E-state index contributed by atoms with van der Waals surface area (Å²) in [6, 6.07) is 0. The van der Waals surface area contributed by atoms with Crippen LogP contribution in [0.5, 0.6) is 0 Å². The van der Waals surface area contributed by atoms with Crippen LogP contribution in [0.15, 0.2) is 17.6 Å². The topological polar surface area (TPSA) is 56.7 Å². The number of allylic oxidation sites excluding steroid dienone is 1. The molecule has 1 fully saturated rings. The van der Waals surface area contributed by atoms with Gasteiger partial charge in [-0.05, 0) is 39.0 Å². The molecular formula is C17H33IN4O. The molecule has 0 aromatic carbocycles. The molecule has 1 aliphatic carbocycles. The highest BCUT2D eigenvalue weighted by molar-refractivity contribution is 14.0. The van der Waals surface area contributed by atoms with E-state index in [1.807, 2.05) is 6.08 Å². The highest BCUT2D eigenvalue weighted by Crippen LogP contribution is 2.25. The minimum atomic E-state index is 0. The van der Waals surface area contributed by atoms with Crippen LogP contribution in [0.25, 0.3) is 0 Å². The lowest BCUT2D eigenvalue weighted by Crippen LogP contribution is -2.39. The van der Waals surface area contributed by atoms with Crippen LogP contribution in [0, 0.1) is 5.92 Å². The van der Waals surface area contributed by atoms with E-state index in [9.17, 15) is 4.79 Å². The lowest BCUT2D eigenvalue weighted by Gasteiger charge is -2.24. The Morgan fingerprint density at radius 3 is 2.65 bits per heavy atom. The van der Waals surface area contributed by atoms with Gasteiger partial charge in [0.25, 0.3) is 0 Å². The van der Waals surface area contributed by atoms with Crippen molar-refractivity contribution in [3.63, 3.8) is 0 Å². The highest BCUT2D eigenvalue weighted by Gasteiger charge is 2.24. The van der Waals surface area contributed by atoms with Gasteiger partial charge in [-0.1, -0.05) is 12.5 Å². The third kappa shape index (κ3) is 9.17. The zero-order chi connectivity index (χ0) is 16.2. The maximum absolute atomic E-state index is 11.7. The molecule has 5 nitrogen and oxygen atoms in total. The molecule has 0 spiro atoms. The molecule has 0 heterocycles. The Bertz CT molecular complexity index is 370. The summed E-state index contributed by atoms with van der Waals surface area (Å²) < 4.78 is 0. The van der Waals surface area contributed by atoms with E-state index in [1.54, 1.807) is 0 Å². The van der Waals surface area contributed by atoms with Crippen LogP contribution in [0.1, 0.15) is 45.4 Å². The summed E-state index contributed by atoms with van der Waals surface area (Å²) in [5, 5.41) is 6.32. The zero-order valence-electron chi connectivity index (χ0n) is 14.6. The first-order valence-electron chi connectivity index (χ1n) is 8.57. The first kappa shape index (κ1) is 22.2. The Morgan fingerprint density at radius 2 is 2.09 bits per heavy atom. The summed E-state index contributed by atoms with van der Waals surface area (Å²) in [6.07, 6.45) is 8.26. The van der Waals surface area contributed by atoms with E-state index in [4.69, 9.17) is 0 Å². The van der Waals surface area contributed by atoms with Crippen LogP contribution in [0.4, 0.5) is 0 Å². The fourth-order valence-corrected chi connectivity index (χ4v) is 2.34. The Morgan fingerprint density at radius 1 is 1.35 bits per heavy atom. The molecule has 0 aromatic rings. The molecule has 0 bridgehead atoms. The minimum Gasteiger partial charge on any atom is -0.357 e. The van der Waals surface area contributed by atoms with Gasteiger partial charge in [-0.15, -0.1) is 30.6 Å². The molecule has 134 valence electrons. The van der Waals surface area contributed by atoms with Crippen LogP contribution in [-0.2, 0) is 4.79 Å². The van der Waals surface area contributed by atoms with E-state index in [0.29, 0.717) is 0 Å². The van der Waals surface area contributed by atoms with Gasteiger partial charge in [-0.2, -0.15) is 0 Å². The number of hydrogen-bond acceptors (Lipinski definition) is 2. The Hall–Kier alpha value is -0.790. The average molecular weight is 436 g/mol. The third-order valence-electron chi connectivity index (χ3n) is 3.97. The van der Waals surface area contributed by atoms with Gasteiger partial charge in [0.2, 0.25) is 5.91 Å².